The number of hydrogen-bond donors (Lipinski definition) is 0. The first-order valence-corrected chi connectivity index (χ1v) is 7.09. The Kier molecular flexibility index (Phi) is 4.39. The third-order valence-corrected chi connectivity index (χ3v) is 4.12. The number of amides is 1. The van der Waals surface area contributed by atoms with Crippen LogP contribution in [0.5, 0.6) is 0 Å². The third kappa shape index (κ3) is 3.23. The number of carbonyl (C=O) groups is 1. The number of carbonyl (C=O) groups excluding carboxylic acids is 1. The molecule has 0 spiro atoms. The second kappa shape index (κ2) is 5.86. The van der Waals surface area contributed by atoms with E-state index in [1.807, 2.05) is 18.4 Å². The number of aromatic nitrogens is 2. The molecule has 1 amide bonds. The SMILES string of the molecule is Cc1ccsc1CN(C)C(=O)c1cc(Cl)nnc1Cl. The van der Waals surface area contributed by atoms with E-state index in [1.54, 1.807) is 23.3 Å². The zero-order chi connectivity index (χ0) is 14.0. The maximum atomic E-state index is 12.3. The Balaban J connectivity index is 2.19. The monoisotopic (exact) mass is 315 g/mol. The molecular formula is C12H11Cl2N3OS. The first-order valence-electron chi connectivity index (χ1n) is 5.46. The Bertz CT molecular complexity index is 615. The van der Waals surface area contributed by atoms with Gasteiger partial charge in [0.05, 0.1) is 12.1 Å². The summed E-state index contributed by atoms with van der Waals surface area (Å²) >= 11 is 13.2. The molecule has 0 unspecified atom stereocenters. The van der Waals surface area contributed by atoms with Crippen LogP contribution in [0.1, 0.15) is 20.8 Å². The maximum absolute atomic E-state index is 12.3. The molecule has 2 heterocycles. The molecule has 7 heteroatoms. The van der Waals surface area contributed by atoms with E-state index in [1.165, 1.54) is 11.6 Å². The predicted molar refractivity (Wildman–Crippen MR) is 76.9 cm³/mol. The van der Waals surface area contributed by atoms with Crippen LogP contribution in [-0.2, 0) is 6.54 Å². The van der Waals surface area contributed by atoms with E-state index >= 15 is 0 Å². The van der Waals surface area contributed by atoms with Crippen molar-refractivity contribution in [3.05, 3.63) is 43.8 Å². The smallest absolute Gasteiger partial charge is 0.257 e. The van der Waals surface area contributed by atoms with Crippen molar-refractivity contribution in [1.29, 1.82) is 0 Å². The van der Waals surface area contributed by atoms with E-state index in [-0.39, 0.29) is 21.8 Å². The van der Waals surface area contributed by atoms with Gasteiger partial charge < -0.3 is 4.90 Å². The molecular weight excluding hydrogens is 305 g/mol. The highest BCUT2D eigenvalue weighted by Crippen LogP contribution is 2.21. The molecule has 0 aliphatic rings. The normalized spacial score (nSPS) is 10.5. The van der Waals surface area contributed by atoms with Gasteiger partial charge in [0.2, 0.25) is 0 Å². The highest BCUT2D eigenvalue weighted by Gasteiger charge is 2.18. The highest BCUT2D eigenvalue weighted by atomic mass is 35.5. The Morgan fingerprint density at radius 1 is 1.42 bits per heavy atom. The van der Waals surface area contributed by atoms with Gasteiger partial charge in [0, 0.05) is 11.9 Å². The highest BCUT2D eigenvalue weighted by molar-refractivity contribution is 7.10. The molecule has 2 rings (SSSR count). The average Bonchev–Trinajstić information content (AvgIpc) is 2.77. The van der Waals surface area contributed by atoms with Crippen molar-refractivity contribution in [1.82, 2.24) is 15.1 Å². The summed E-state index contributed by atoms with van der Waals surface area (Å²) in [6, 6.07) is 3.45. The van der Waals surface area contributed by atoms with Crippen molar-refractivity contribution < 1.29 is 4.79 Å². The van der Waals surface area contributed by atoms with Crippen molar-refractivity contribution in [3.8, 4) is 0 Å². The third-order valence-electron chi connectivity index (χ3n) is 2.65. The van der Waals surface area contributed by atoms with Gasteiger partial charge in [-0.2, -0.15) is 0 Å². The lowest BCUT2D eigenvalue weighted by molar-refractivity contribution is 0.0786. The van der Waals surface area contributed by atoms with Crippen molar-refractivity contribution in [2.45, 2.75) is 13.5 Å². The lowest BCUT2D eigenvalue weighted by Gasteiger charge is -2.17. The molecule has 0 fully saturated rings. The van der Waals surface area contributed by atoms with Gasteiger partial charge in [-0.05, 0) is 30.0 Å². The molecule has 0 radical (unpaired) electrons. The lowest BCUT2D eigenvalue weighted by atomic mass is 10.2. The molecule has 0 aliphatic carbocycles. The molecule has 0 atom stereocenters. The lowest BCUT2D eigenvalue weighted by Crippen LogP contribution is -2.26. The van der Waals surface area contributed by atoms with E-state index in [0.29, 0.717) is 6.54 Å². The van der Waals surface area contributed by atoms with Crippen molar-refractivity contribution in [2.24, 2.45) is 0 Å². The standard InChI is InChI=1S/C12H11Cl2N3OS/c1-7-3-4-19-9(7)6-17(2)12(18)8-5-10(13)15-16-11(8)14/h3-5H,6H2,1-2H3. The van der Waals surface area contributed by atoms with E-state index < -0.39 is 0 Å². The maximum Gasteiger partial charge on any atom is 0.257 e. The second-order valence-corrected chi connectivity index (χ2v) is 5.81. The van der Waals surface area contributed by atoms with Crippen LogP contribution in [0.3, 0.4) is 0 Å². The van der Waals surface area contributed by atoms with E-state index in [2.05, 4.69) is 10.2 Å². The van der Waals surface area contributed by atoms with Gasteiger partial charge in [0.1, 0.15) is 0 Å². The van der Waals surface area contributed by atoms with Gasteiger partial charge in [0.15, 0.2) is 10.3 Å². The fourth-order valence-electron chi connectivity index (χ4n) is 1.56. The number of rotatable bonds is 3. The van der Waals surface area contributed by atoms with Crippen LogP contribution >= 0.6 is 34.5 Å². The molecule has 4 nitrogen and oxygen atoms in total. The number of aryl methyl sites for hydroxylation is 1. The van der Waals surface area contributed by atoms with Gasteiger partial charge >= 0.3 is 0 Å². The summed E-state index contributed by atoms with van der Waals surface area (Å²) in [7, 11) is 1.71. The Hall–Kier alpha value is -1.17. The van der Waals surface area contributed by atoms with Crippen LogP contribution in [-0.4, -0.2) is 28.1 Å². The fraction of sp³-hybridized carbons (Fsp3) is 0.250. The van der Waals surface area contributed by atoms with Crippen LogP contribution in [0, 0.1) is 6.92 Å². The Morgan fingerprint density at radius 3 is 2.79 bits per heavy atom. The molecule has 0 saturated heterocycles. The Labute approximate surface area is 125 Å². The summed E-state index contributed by atoms with van der Waals surface area (Å²) in [6.45, 7) is 2.54. The molecule has 2 aromatic heterocycles. The molecule has 19 heavy (non-hydrogen) atoms. The zero-order valence-electron chi connectivity index (χ0n) is 10.4. The van der Waals surface area contributed by atoms with Gasteiger partial charge in [0.25, 0.3) is 5.91 Å². The van der Waals surface area contributed by atoms with Crippen LogP contribution in [0.15, 0.2) is 17.5 Å². The summed E-state index contributed by atoms with van der Waals surface area (Å²) in [5.74, 6) is -0.227. The van der Waals surface area contributed by atoms with Gasteiger partial charge in [-0.15, -0.1) is 21.5 Å². The summed E-state index contributed by atoms with van der Waals surface area (Å²) < 4.78 is 0. The molecule has 0 N–H and O–H groups in total. The van der Waals surface area contributed by atoms with Crippen molar-refractivity contribution in [2.75, 3.05) is 7.05 Å². The van der Waals surface area contributed by atoms with Crippen LogP contribution in [0.2, 0.25) is 10.3 Å². The first kappa shape index (κ1) is 14.2. The first-order chi connectivity index (χ1) is 8.99. The number of halogens is 2. The molecule has 0 aliphatic heterocycles. The summed E-state index contributed by atoms with van der Waals surface area (Å²) in [5.41, 5.74) is 1.43. The molecule has 0 saturated carbocycles. The average molecular weight is 316 g/mol. The summed E-state index contributed by atoms with van der Waals surface area (Å²) in [5, 5.41) is 9.43. The zero-order valence-corrected chi connectivity index (χ0v) is 12.7. The summed E-state index contributed by atoms with van der Waals surface area (Å²) in [4.78, 5) is 15.0. The minimum Gasteiger partial charge on any atom is -0.336 e. The van der Waals surface area contributed by atoms with E-state index in [9.17, 15) is 4.79 Å². The number of thiophene rings is 1. The van der Waals surface area contributed by atoms with Gasteiger partial charge in [-0.3, -0.25) is 4.79 Å². The van der Waals surface area contributed by atoms with Crippen LogP contribution in [0.25, 0.3) is 0 Å². The van der Waals surface area contributed by atoms with Crippen LogP contribution < -0.4 is 0 Å². The number of nitrogens with zero attached hydrogens (tertiary/aromatic N) is 3. The summed E-state index contributed by atoms with van der Waals surface area (Å²) in [6.07, 6.45) is 0. The predicted octanol–water partition coefficient (Wildman–Crippen LogP) is 3.43. The van der Waals surface area contributed by atoms with Gasteiger partial charge in [-0.1, -0.05) is 23.2 Å². The molecule has 2 aromatic rings. The van der Waals surface area contributed by atoms with Crippen molar-refractivity contribution in [3.63, 3.8) is 0 Å². The van der Waals surface area contributed by atoms with Gasteiger partial charge in [-0.25, -0.2) is 0 Å². The minimum absolute atomic E-state index is 0.0594. The topological polar surface area (TPSA) is 46.1 Å². The molecule has 100 valence electrons. The Morgan fingerprint density at radius 2 is 2.16 bits per heavy atom. The second-order valence-electron chi connectivity index (χ2n) is 4.06. The minimum atomic E-state index is -0.227. The molecule has 0 bridgehead atoms. The van der Waals surface area contributed by atoms with E-state index in [0.717, 1.165) is 4.88 Å². The molecule has 0 aromatic carbocycles. The van der Waals surface area contributed by atoms with Crippen LogP contribution in [0.4, 0.5) is 0 Å². The van der Waals surface area contributed by atoms with E-state index in [4.69, 9.17) is 23.2 Å². The quantitative estimate of drug-likeness (QED) is 0.871. The number of hydrogen-bond acceptors (Lipinski definition) is 4. The fourth-order valence-corrected chi connectivity index (χ4v) is 2.84. The van der Waals surface area contributed by atoms with Crippen molar-refractivity contribution >= 4 is 40.4 Å². The largest absolute Gasteiger partial charge is 0.336 e.